The zero-order valence-electron chi connectivity index (χ0n) is 9.17. The number of benzene rings is 1. The van der Waals surface area contributed by atoms with Crippen LogP contribution in [0, 0.1) is 6.92 Å². The highest BCUT2D eigenvalue weighted by Crippen LogP contribution is 2.27. The van der Waals surface area contributed by atoms with Gasteiger partial charge >= 0.3 is 0 Å². The average Bonchev–Trinajstić information content (AvgIpc) is 2.27. The second-order valence-corrected chi connectivity index (χ2v) is 5.40. The Kier molecular flexibility index (Phi) is 3.69. The molecule has 0 atom stereocenters. The molecule has 3 N–H and O–H groups in total. The summed E-state index contributed by atoms with van der Waals surface area (Å²) in [6.07, 6.45) is 1.62. The largest absolute Gasteiger partial charge is 0.397 e. The van der Waals surface area contributed by atoms with Crippen LogP contribution in [0.3, 0.4) is 0 Å². The number of aromatic nitrogens is 1. The lowest BCUT2D eigenvalue weighted by atomic mass is 10.2. The second-order valence-electron chi connectivity index (χ2n) is 3.69. The molecule has 5 heteroatoms. The molecular weight excluding hydrogens is 346 g/mol. The van der Waals surface area contributed by atoms with Crippen molar-refractivity contribution < 1.29 is 0 Å². The van der Waals surface area contributed by atoms with Gasteiger partial charge in [0, 0.05) is 10.2 Å². The molecule has 1 heterocycles. The van der Waals surface area contributed by atoms with Crippen LogP contribution in [-0.2, 0) is 0 Å². The summed E-state index contributed by atoms with van der Waals surface area (Å²) in [6, 6.07) is 7.88. The van der Waals surface area contributed by atoms with Crippen molar-refractivity contribution in [2.24, 2.45) is 0 Å². The van der Waals surface area contributed by atoms with Crippen LogP contribution < -0.4 is 11.1 Å². The minimum Gasteiger partial charge on any atom is -0.397 e. The number of aryl methyl sites for hydroxylation is 1. The van der Waals surface area contributed by atoms with Gasteiger partial charge in [0.2, 0.25) is 0 Å². The molecule has 0 aliphatic heterocycles. The first kappa shape index (κ1) is 12.4. The molecule has 88 valence electrons. The van der Waals surface area contributed by atoms with Crippen molar-refractivity contribution in [3.05, 3.63) is 45.0 Å². The van der Waals surface area contributed by atoms with E-state index in [0.29, 0.717) is 5.69 Å². The van der Waals surface area contributed by atoms with E-state index < -0.39 is 0 Å². The third kappa shape index (κ3) is 2.98. The molecule has 0 fully saturated rings. The number of halogens is 2. The Balaban J connectivity index is 2.28. The van der Waals surface area contributed by atoms with Crippen molar-refractivity contribution >= 4 is 49.1 Å². The number of nitrogens with one attached hydrogen (secondary N) is 1. The Morgan fingerprint density at radius 3 is 2.59 bits per heavy atom. The maximum absolute atomic E-state index is 5.64. The van der Waals surface area contributed by atoms with Gasteiger partial charge in [0.1, 0.15) is 5.82 Å². The van der Waals surface area contributed by atoms with Gasteiger partial charge in [-0.05, 0) is 46.6 Å². The van der Waals surface area contributed by atoms with Gasteiger partial charge < -0.3 is 11.1 Å². The van der Waals surface area contributed by atoms with E-state index in [1.807, 2.05) is 31.2 Å². The lowest BCUT2D eigenvalue weighted by Gasteiger charge is -2.09. The summed E-state index contributed by atoms with van der Waals surface area (Å²) in [7, 11) is 0. The highest BCUT2D eigenvalue weighted by Gasteiger charge is 2.03. The summed E-state index contributed by atoms with van der Waals surface area (Å²) >= 11 is 6.92. The molecule has 2 rings (SSSR count). The van der Waals surface area contributed by atoms with E-state index in [2.05, 4.69) is 42.2 Å². The summed E-state index contributed by atoms with van der Waals surface area (Å²) in [5.41, 5.74) is 8.44. The van der Waals surface area contributed by atoms with Gasteiger partial charge in [-0.3, -0.25) is 0 Å². The van der Waals surface area contributed by atoms with Crippen molar-refractivity contribution in [1.82, 2.24) is 4.98 Å². The third-order valence-electron chi connectivity index (χ3n) is 2.30. The normalized spacial score (nSPS) is 10.3. The van der Waals surface area contributed by atoms with Crippen LogP contribution in [0.1, 0.15) is 5.56 Å². The van der Waals surface area contributed by atoms with Crippen LogP contribution in [-0.4, -0.2) is 4.98 Å². The zero-order chi connectivity index (χ0) is 12.4. The van der Waals surface area contributed by atoms with Crippen molar-refractivity contribution in [2.45, 2.75) is 6.92 Å². The van der Waals surface area contributed by atoms with Gasteiger partial charge in [-0.2, -0.15) is 0 Å². The molecule has 0 aliphatic carbocycles. The number of pyridine rings is 1. The Bertz CT molecular complexity index is 555. The average molecular weight is 357 g/mol. The molecule has 0 unspecified atom stereocenters. The molecule has 0 radical (unpaired) electrons. The fourth-order valence-corrected chi connectivity index (χ4v) is 2.20. The first-order valence-electron chi connectivity index (χ1n) is 5.00. The van der Waals surface area contributed by atoms with E-state index in [1.54, 1.807) is 6.20 Å². The fourth-order valence-electron chi connectivity index (χ4n) is 1.35. The molecule has 2 aromatic rings. The van der Waals surface area contributed by atoms with Gasteiger partial charge in [0.25, 0.3) is 0 Å². The molecule has 0 bridgehead atoms. The molecule has 3 nitrogen and oxygen atoms in total. The molecule has 0 aliphatic rings. The monoisotopic (exact) mass is 355 g/mol. The molecular formula is C12H11Br2N3. The Labute approximate surface area is 117 Å². The molecule has 1 aromatic carbocycles. The highest BCUT2D eigenvalue weighted by atomic mass is 79.9. The lowest BCUT2D eigenvalue weighted by molar-refractivity contribution is 1.29. The molecule has 0 saturated carbocycles. The number of nitrogens with two attached hydrogens (primary N) is 1. The lowest BCUT2D eigenvalue weighted by Crippen LogP contribution is -1.96. The van der Waals surface area contributed by atoms with Crippen LogP contribution >= 0.6 is 31.9 Å². The van der Waals surface area contributed by atoms with E-state index >= 15 is 0 Å². The smallest absolute Gasteiger partial charge is 0.144 e. The second kappa shape index (κ2) is 5.06. The zero-order valence-corrected chi connectivity index (χ0v) is 12.3. The number of nitrogen functional groups attached to an aromatic ring is 1. The number of anilines is 3. The van der Waals surface area contributed by atoms with E-state index in [1.165, 1.54) is 5.56 Å². The molecule has 1 aromatic heterocycles. The Morgan fingerprint density at radius 2 is 1.94 bits per heavy atom. The molecule has 0 spiro atoms. The summed E-state index contributed by atoms with van der Waals surface area (Å²) in [5.74, 6) is 0.745. The van der Waals surface area contributed by atoms with Crippen molar-refractivity contribution in [3.63, 3.8) is 0 Å². The van der Waals surface area contributed by atoms with Crippen LogP contribution in [0.25, 0.3) is 0 Å². The van der Waals surface area contributed by atoms with E-state index in [-0.39, 0.29) is 0 Å². The summed E-state index contributed by atoms with van der Waals surface area (Å²) in [5, 5.41) is 3.22. The van der Waals surface area contributed by atoms with Crippen LogP contribution in [0.5, 0.6) is 0 Å². The summed E-state index contributed by atoms with van der Waals surface area (Å²) in [6.45, 7) is 2.05. The van der Waals surface area contributed by atoms with Crippen molar-refractivity contribution in [3.8, 4) is 0 Å². The van der Waals surface area contributed by atoms with Crippen LogP contribution in [0.4, 0.5) is 17.2 Å². The topological polar surface area (TPSA) is 50.9 Å². The van der Waals surface area contributed by atoms with Crippen molar-refractivity contribution in [1.29, 1.82) is 0 Å². The van der Waals surface area contributed by atoms with E-state index in [0.717, 1.165) is 20.5 Å². The highest BCUT2D eigenvalue weighted by molar-refractivity contribution is 9.11. The van der Waals surface area contributed by atoms with Gasteiger partial charge in [-0.15, -0.1) is 0 Å². The number of hydrogen-bond donors (Lipinski definition) is 2. The molecule has 17 heavy (non-hydrogen) atoms. The summed E-state index contributed by atoms with van der Waals surface area (Å²) < 4.78 is 1.91. The van der Waals surface area contributed by atoms with Crippen LogP contribution in [0.15, 0.2) is 39.4 Å². The fraction of sp³-hybridized carbons (Fsp3) is 0.0833. The maximum atomic E-state index is 5.64. The van der Waals surface area contributed by atoms with Gasteiger partial charge in [-0.1, -0.05) is 22.0 Å². The summed E-state index contributed by atoms with van der Waals surface area (Å²) in [4.78, 5) is 4.23. The first-order chi connectivity index (χ1) is 8.06. The van der Waals surface area contributed by atoms with Gasteiger partial charge in [-0.25, -0.2) is 4.98 Å². The maximum Gasteiger partial charge on any atom is 0.144 e. The SMILES string of the molecule is Cc1ccc(Nc2ncc(N)cc2Br)cc1Br. The number of hydrogen-bond acceptors (Lipinski definition) is 3. The number of rotatable bonds is 2. The molecule has 0 saturated heterocycles. The van der Waals surface area contributed by atoms with Gasteiger partial charge in [0.05, 0.1) is 16.4 Å². The minimum absolute atomic E-state index is 0.632. The Hall–Kier alpha value is -1.07. The van der Waals surface area contributed by atoms with Gasteiger partial charge in [0.15, 0.2) is 0 Å². The number of nitrogens with zero attached hydrogens (tertiary/aromatic N) is 1. The first-order valence-corrected chi connectivity index (χ1v) is 6.59. The quantitative estimate of drug-likeness (QED) is 0.846. The Morgan fingerprint density at radius 1 is 1.18 bits per heavy atom. The predicted octanol–water partition coefficient (Wildman–Crippen LogP) is 4.24. The molecule has 0 amide bonds. The van der Waals surface area contributed by atoms with E-state index in [9.17, 15) is 0 Å². The van der Waals surface area contributed by atoms with E-state index in [4.69, 9.17) is 5.73 Å². The van der Waals surface area contributed by atoms with Crippen molar-refractivity contribution in [2.75, 3.05) is 11.1 Å². The third-order valence-corrected chi connectivity index (χ3v) is 3.76. The predicted molar refractivity (Wildman–Crippen MR) is 78.5 cm³/mol. The standard InChI is InChI=1S/C12H11Br2N3/c1-7-2-3-9(5-10(7)13)17-12-11(14)4-8(15)6-16-12/h2-6H,15H2,1H3,(H,16,17). The minimum atomic E-state index is 0.632. The van der Waals surface area contributed by atoms with Crippen LogP contribution in [0.2, 0.25) is 0 Å².